The van der Waals surface area contributed by atoms with Crippen molar-refractivity contribution in [2.24, 2.45) is 0 Å². The fraction of sp³-hybridized carbons (Fsp3) is 0.400. The van der Waals surface area contributed by atoms with E-state index >= 15 is 0 Å². The van der Waals surface area contributed by atoms with E-state index in [4.69, 9.17) is 39.5 Å². The Balaban J connectivity index is 0.000000177. The number of nitrogens with zero attached hydrogens (tertiary/aromatic N) is 7. The summed E-state index contributed by atoms with van der Waals surface area (Å²) in [7, 11) is 0. The second kappa shape index (κ2) is 10.1. The first-order valence-electron chi connectivity index (χ1n) is 9.98. The number of fused-ring (bicyclic) bond motifs is 2. The van der Waals surface area contributed by atoms with E-state index in [1.165, 1.54) is 4.52 Å². The van der Waals surface area contributed by atoms with E-state index in [1.807, 2.05) is 16.6 Å². The molecular formula is C20H22Cl3N7O. The number of aryl methyl sites for hydroxylation is 1. The normalized spacial score (nSPS) is 15.7. The summed E-state index contributed by atoms with van der Waals surface area (Å²) in [6.45, 7) is 6.00. The lowest BCUT2D eigenvalue weighted by atomic mass is 10.1. The summed E-state index contributed by atoms with van der Waals surface area (Å²) in [4.78, 5) is 10.7. The molecule has 31 heavy (non-hydrogen) atoms. The van der Waals surface area contributed by atoms with Gasteiger partial charge in [-0.05, 0) is 25.8 Å². The Morgan fingerprint density at radius 3 is 2.26 bits per heavy atom. The maximum Gasteiger partial charge on any atom is 0.158 e. The Bertz CT molecular complexity index is 1160. The lowest BCUT2D eigenvalue weighted by Gasteiger charge is -2.32. The summed E-state index contributed by atoms with van der Waals surface area (Å²) in [5.74, 6) is 0. The minimum absolute atomic E-state index is 0.378. The number of ether oxygens (including phenoxy) is 1. The molecule has 0 amide bonds. The first-order valence-corrected chi connectivity index (χ1v) is 11.1. The van der Waals surface area contributed by atoms with Gasteiger partial charge in [0.25, 0.3) is 0 Å². The van der Waals surface area contributed by atoms with Crippen LogP contribution in [0, 0.1) is 0 Å². The van der Waals surface area contributed by atoms with Crippen molar-refractivity contribution < 1.29 is 4.74 Å². The molecule has 5 rings (SSSR count). The number of aromatic nitrogens is 6. The van der Waals surface area contributed by atoms with Crippen molar-refractivity contribution in [1.82, 2.24) is 34.1 Å². The van der Waals surface area contributed by atoms with E-state index in [1.54, 1.807) is 24.5 Å². The molecule has 4 aromatic heterocycles. The van der Waals surface area contributed by atoms with Crippen LogP contribution in [0.3, 0.4) is 0 Å². The van der Waals surface area contributed by atoms with Gasteiger partial charge in [-0.1, -0.05) is 34.8 Å². The van der Waals surface area contributed by atoms with Gasteiger partial charge in [0.2, 0.25) is 0 Å². The second-order valence-corrected chi connectivity index (χ2v) is 8.37. The highest BCUT2D eigenvalue weighted by Gasteiger charge is 2.17. The smallest absolute Gasteiger partial charge is 0.158 e. The summed E-state index contributed by atoms with van der Waals surface area (Å²) in [6, 6.07) is 7.60. The molecule has 1 fully saturated rings. The van der Waals surface area contributed by atoms with Crippen LogP contribution in [-0.4, -0.2) is 66.4 Å². The Hall–Kier alpha value is -1.97. The molecular weight excluding hydrogens is 461 g/mol. The van der Waals surface area contributed by atoms with Gasteiger partial charge in [-0.15, -0.1) is 0 Å². The third-order valence-electron chi connectivity index (χ3n) is 5.17. The van der Waals surface area contributed by atoms with Crippen molar-refractivity contribution in [3.8, 4) is 0 Å². The first kappa shape index (κ1) is 22.2. The molecule has 5 heterocycles. The molecule has 11 heteroatoms. The Kier molecular flexibility index (Phi) is 7.24. The summed E-state index contributed by atoms with van der Waals surface area (Å²) in [5.41, 5.74) is 2.58. The van der Waals surface area contributed by atoms with E-state index in [0.29, 0.717) is 27.1 Å². The van der Waals surface area contributed by atoms with Crippen molar-refractivity contribution in [1.29, 1.82) is 0 Å². The molecule has 1 unspecified atom stereocenters. The number of rotatable bonds is 4. The average molecular weight is 483 g/mol. The zero-order chi connectivity index (χ0) is 21.8. The van der Waals surface area contributed by atoms with E-state index in [0.717, 1.165) is 50.5 Å². The first-order chi connectivity index (χ1) is 15.0. The molecule has 0 bridgehead atoms. The van der Waals surface area contributed by atoms with Crippen molar-refractivity contribution in [2.75, 3.05) is 26.3 Å². The summed E-state index contributed by atoms with van der Waals surface area (Å²) in [6.07, 6.45) is 5.40. The lowest BCUT2D eigenvalue weighted by Crippen LogP contribution is -2.42. The molecule has 0 aliphatic carbocycles. The summed E-state index contributed by atoms with van der Waals surface area (Å²) < 4.78 is 8.77. The van der Waals surface area contributed by atoms with Gasteiger partial charge in [-0.3, -0.25) is 4.90 Å². The molecule has 164 valence electrons. The van der Waals surface area contributed by atoms with Crippen LogP contribution in [-0.2, 0) is 11.2 Å². The van der Waals surface area contributed by atoms with Gasteiger partial charge in [0, 0.05) is 43.0 Å². The van der Waals surface area contributed by atoms with Gasteiger partial charge in [0.05, 0.1) is 25.6 Å². The van der Waals surface area contributed by atoms with E-state index in [9.17, 15) is 0 Å². The standard InChI is InChI=1S/C14H19ClN4O.C6H3Cl2N3/c1-11(18-6-8-20-9-7-18)2-3-12-10-13(15)17-14-4-5-16-19(12)14;7-4-3-5(8)11-6(10-4)1-2-9-11/h4-5,10-11H,2-3,6-9H2,1H3;1-3H. The maximum atomic E-state index is 6.07. The fourth-order valence-corrected chi connectivity index (χ4v) is 4.22. The summed E-state index contributed by atoms with van der Waals surface area (Å²) >= 11 is 17.5. The monoisotopic (exact) mass is 481 g/mol. The third kappa shape index (κ3) is 5.45. The van der Waals surface area contributed by atoms with Crippen LogP contribution in [0.15, 0.2) is 36.7 Å². The Morgan fingerprint density at radius 1 is 0.935 bits per heavy atom. The Morgan fingerprint density at radius 2 is 1.55 bits per heavy atom. The van der Waals surface area contributed by atoms with Gasteiger partial charge in [0.15, 0.2) is 11.3 Å². The number of halogens is 3. The van der Waals surface area contributed by atoms with E-state index in [-0.39, 0.29) is 0 Å². The largest absolute Gasteiger partial charge is 0.379 e. The number of morpholine rings is 1. The average Bonchev–Trinajstić information content (AvgIpc) is 3.42. The highest BCUT2D eigenvalue weighted by Crippen LogP contribution is 2.16. The lowest BCUT2D eigenvalue weighted by molar-refractivity contribution is 0.0186. The number of hydrogen-bond acceptors (Lipinski definition) is 6. The molecule has 1 atom stereocenters. The Labute approximate surface area is 194 Å². The molecule has 8 nitrogen and oxygen atoms in total. The van der Waals surface area contributed by atoms with Crippen LogP contribution < -0.4 is 0 Å². The van der Waals surface area contributed by atoms with Crippen molar-refractivity contribution in [2.45, 2.75) is 25.8 Å². The van der Waals surface area contributed by atoms with Gasteiger partial charge in [-0.2, -0.15) is 10.2 Å². The van der Waals surface area contributed by atoms with Gasteiger partial charge >= 0.3 is 0 Å². The topological polar surface area (TPSA) is 72.8 Å². The van der Waals surface area contributed by atoms with Crippen LogP contribution in [0.2, 0.25) is 15.5 Å². The number of hydrogen-bond donors (Lipinski definition) is 0. The third-order valence-corrected chi connectivity index (χ3v) is 5.83. The molecule has 1 aliphatic heterocycles. The minimum Gasteiger partial charge on any atom is -0.379 e. The zero-order valence-electron chi connectivity index (χ0n) is 17.0. The summed E-state index contributed by atoms with van der Waals surface area (Å²) in [5, 5.41) is 9.61. The van der Waals surface area contributed by atoms with Gasteiger partial charge in [0.1, 0.15) is 15.5 Å². The van der Waals surface area contributed by atoms with Crippen LogP contribution in [0.5, 0.6) is 0 Å². The fourth-order valence-electron chi connectivity index (χ4n) is 3.53. The molecule has 1 aliphatic rings. The maximum absolute atomic E-state index is 6.07. The molecule has 4 aromatic rings. The van der Waals surface area contributed by atoms with Crippen molar-refractivity contribution >= 4 is 46.1 Å². The van der Waals surface area contributed by atoms with E-state index in [2.05, 4.69) is 32.0 Å². The van der Waals surface area contributed by atoms with E-state index < -0.39 is 0 Å². The van der Waals surface area contributed by atoms with Gasteiger partial charge < -0.3 is 4.74 Å². The zero-order valence-corrected chi connectivity index (χ0v) is 19.2. The van der Waals surface area contributed by atoms with Crippen LogP contribution in [0.4, 0.5) is 0 Å². The highest BCUT2D eigenvalue weighted by molar-refractivity contribution is 6.33. The van der Waals surface area contributed by atoms with Crippen molar-refractivity contribution in [3.63, 3.8) is 0 Å². The molecule has 0 N–H and O–H groups in total. The molecule has 0 spiro atoms. The highest BCUT2D eigenvalue weighted by atomic mass is 35.5. The van der Waals surface area contributed by atoms with Crippen LogP contribution >= 0.6 is 34.8 Å². The second-order valence-electron chi connectivity index (χ2n) is 7.21. The van der Waals surface area contributed by atoms with Crippen molar-refractivity contribution in [3.05, 3.63) is 57.8 Å². The molecule has 0 aromatic carbocycles. The van der Waals surface area contributed by atoms with Crippen LogP contribution in [0.1, 0.15) is 19.0 Å². The molecule has 0 saturated carbocycles. The van der Waals surface area contributed by atoms with Crippen LogP contribution in [0.25, 0.3) is 11.3 Å². The molecule has 1 saturated heterocycles. The molecule has 0 radical (unpaired) electrons. The quantitative estimate of drug-likeness (QED) is 0.408. The van der Waals surface area contributed by atoms with Gasteiger partial charge in [-0.25, -0.2) is 19.0 Å². The predicted octanol–water partition coefficient (Wildman–Crippen LogP) is 4.07. The SMILES string of the molecule is CC(CCc1cc(Cl)nc2ccnn12)N1CCOCC1.Clc1cc(Cl)n2nccc2n1. The minimum atomic E-state index is 0.378. The predicted molar refractivity (Wildman–Crippen MR) is 121 cm³/mol.